The van der Waals surface area contributed by atoms with Gasteiger partial charge in [0.05, 0.1) is 0 Å². The summed E-state index contributed by atoms with van der Waals surface area (Å²) in [5.41, 5.74) is 1.33. The molecule has 1 aromatic heterocycles. The Morgan fingerprint density at radius 3 is 2.94 bits per heavy atom. The number of rotatable bonds is 3. The van der Waals surface area contributed by atoms with Gasteiger partial charge in [0.15, 0.2) is 0 Å². The predicted octanol–water partition coefficient (Wildman–Crippen LogP) is 3.79. The van der Waals surface area contributed by atoms with Crippen LogP contribution < -0.4 is 0 Å². The van der Waals surface area contributed by atoms with Gasteiger partial charge in [0.1, 0.15) is 5.15 Å². The average molecular weight is 267 g/mol. The number of hydrogen-bond donors (Lipinski definition) is 0. The summed E-state index contributed by atoms with van der Waals surface area (Å²) in [6.45, 7) is 7.08. The third kappa shape index (κ3) is 3.96. The van der Waals surface area contributed by atoms with E-state index < -0.39 is 0 Å². The van der Waals surface area contributed by atoms with E-state index in [0.29, 0.717) is 11.2 Å². The van der Waals surface area contributed by atoms with Gasteiger partial charge in [-0.25, -0.2) is 4.98 Å². The Kier molecular flexibility index (Phi) is 5.02. The highest BCUT2D eigenvalue weighted by Gasteiger charge is 2.18. The first kappa shape index (κ1) is 13.8. The van der Waals surface area contributed by atoms with Crippen LogP contribution in [0, 0.1) is 5.92 Å². The number of nitrogens with zero attached hydrogens (tertiary/aromatic N) is 2. The molecule has 0 radical (unpaired) electrons. The van der Waals surface area contributed by atoms with Crippen LogP contribution in [-0.4, -0.2) is 29.0 Å². The molecular weight excluding hydrogens is 244 g/mol. The first-order valence-corrected chi connectivity index (χ1v) is 7.37. The predicted molar refractivity (Wildman–Crippen MR) is 77.0 cm³/mol. The first-order valence-electron chi connectivity index (χ1n) is 6.99. The van der Waals surface area contributed by atoms with Crippen molar-refractivity contribution in [2.75, 3.05) is 13.1 Å². The fourth-order valence-electron chi connectivity index (χ4n) is 2.81. The summed E-state index contributed by atoms with van der Waals surface area (Å²) in [7, 11) is 0. The highest BCUT2D eigenvalue weighted by atomic mass is 35.5. The molecule has 18 heavy (non-hydrogen) atoms. The Bertz CT molecular complexity index is 379. The van der Waals surface area contributed by atoms with E-state index in [1.54, 1.807) is 0 Å². The normalized spacial score (nSPS) is 22.1. The summed E-state index contributed by atoms with van der Waals surface area (Å²) in [6, 6.07) is 4.78. The molecule has 1 atom stereocenters. The van der Waals surface area contributed by atoms with Crippen LogP contribution in [0.15, 0.2) is 18.3 Å². The zero-order valence-corrected chi connectivity index (χ0v) is 12.2. The molecule has 1 aromatic rings. The maximum atomic E-state index is 5.94. The van der Waals surface area contributed by atoms with Gasteiger partial charge in [-0.1, -0.05) is 11.6 Å². The second-order valence-corrected chi connectivity index (χ2v) is 6.00. The molecule has 0 saturated carbocycles. The van der Waals surface area contributed by atoms with Crippen LogP contribution in [0.1, 0.15) is 38.7 Å². The summed E-state index contributed by atoms with van der Waals surface area (Å²) in [6.07, 6.45) is 6.92. The van der Waals surface area contributed by atoms with Crippen molar-refractivity contribution in [3.05, 3.63) is 29.0 Å². The second-order valence-electron chi connectivity index (χ2n) is 5.62. The van der Waals surface area contributed by atoms with E-state index in [1.807, 2.05) is 12.3 Å². The molecule has 100 valence electrons. The third-order valence-corrected chi connectivity index (χ3v) is 4.13. The van der Waals surface area contributed by atoms with Crippen LogP contribution in [0.25, 0.3) is 0 Å². The molecule has 0 N–H and O–H groups in total. The lowest BCUT2D eigenvalue weighted by atomic mass is 9.93. The Morgan fingerprint density at radius 2 is 2.22 bits per heavy atom. The molecule has 1 fully saturated rings. The number of pyridine rings is 1. The number of halogens is 1. The van der Waals surface area contributed by atoms with Crippen LogP contribution in [-0.2, 0) is 6.42 Å². The van der Waals surface area contributed by atoms with Crippen molar-refractivity contribution in [3.8, 4) is 0 Å². The largest absolute Gasteiger partial charge is 0.301 e. The van der Waals surface area contributed by atoms with Crippen LogP contribution in [0.2, 0.25) is 5.15 Å². The van der Waals surface area contributed by atoms with Crippen LogP contribution in [0.5, 0.6) is 0 Å². The van der Waals surface area contributed by atoms with E-state index >= 15 is 0 Å². The molecule has 1 saturated heterocycles. The standard InChI is InChI=1S/C15H23ClN2/c1-12(2)18-8-3-4-13(6-9-18)10-14-5-7-17-15(16)11-14/h5,7,11-13H,3-4,6,8-10H2,1-2H3. The van der Waals surface area contributed by atoms with Gasteiger partial charge in [-0.15, -0.1) is 0 Å². The second kappa shape index (κ2) is 6.53. The van der Waals surface area contributed by atoms with Gasteiger partial charge in [0, 0.05) is 12.2 Å². The minimum Gasteiger partial charge on any atom is -0.301 e. The van der Waals surface area contributed by atoms with Gasteiger partial charge >= 0.3 is 0 Å². The molecule has 0 aromatic carbocycles. The van der Waals surface area contributed by atoms with Crippen molar-refractivity contribution in [1.29, 1.82) is 0 Å². The smallest absolute Gasteiger partial charge is 0.129 e. The fourth-order valence-corrected chi connectivity index (χ4v) is 3.01. The zero-order chi connectivity index (χ0) is 13.0. The molecule has 3 heteroatoms. The highest BCUT2D eigenvalue weighted by Crippen LogP contribution is 2.23. The fraction of sp³-hybridized carbons (Fsp3) is 0.667. The zero-order valence-electron chi connectivity index (χ0n) is 11.4. The van der Waals surface area contributed by atoms with Crippen molar-refractivity contribution >= 4 is 11.6 Å². The summed E-state index contributed by atoms with van der Waals surface area (Å²) in [5, 5.41) is 0.616. The van der Waals surface area contributed by atoms with Crippen molar-refractivity contribution in [3.63, 3.8) is 0 Å². The van der Waals surface area contributed by atoms with E-state index in [0.717, 1.165) is 12.3 Å². The van der Waals surface area contributed by atoms with E-state index in [-0.39, 0.29) is 0 Å². The molecule has 0 spiro atoms. The van der Waals surface area contributed by atoms with Crippen molar-refractivity contribution in [2.45, 2.75) is 45.6 Å². The number of hydrogen-bond acceptors (Lipinski definition) is 2. The molecule has 1 aliphatic heterocycles. The van der Waals surface area contributed by atoms with Gasteiger partial charge in [-0.2, -0.15) is 0 Å². The maximum absolute atomic E-state index is 5.94. The molecule has 0 aliphatic carbocycles. The minimum absolute atomic E-state index is 0.616. The van der Waals surface area contributed by atoms with Crippen molar-refractivity contribution in [1.82, 2.24) is 9.88 Å². The molecule has 0 bridgehead atoms. The molecule has 2 rings (SSSR count). The Hall–Kier alpha value is -0.600. The van der Waals surface area contributed by atoms with Gasteiger partial charge in [-0.05, 0) is 76.2 Å². The maximum Gasteiger partial charge on any atom is 0.129 e. The highest BCUT2D eigenvalue weighted by molar-refractivity contribution is 6.29. The van der Waals surface area contributed by atoms with Gasteiger partial charge < -0.3 is 4.90 Å². The van der Waals surface area contributed by atoms with Gasteiger partial charge in [0.25, 0.3) is 0 Å². The average Bonchev–Trinajstić information content (AvgIpc) is 2.55. The molecule has 1 aliphatic rings. The molecule has 0 amide bonds. The lowest BCUT2D eigenvalue weighted by molar-refractivity contribution is 0.228. The van der Waals surface area contributed by atoms with E-state index in [2.05, 4.69) is 29.8 Å². The lowest BCUT2D eigenvalue weighted by Gasteiger charge is -2.24. The topological polar surface area (TPSA) is 16.1 Å². The quantitative estimate of drug-likeness (QED) is 0.774. The Morgan fingerprint density at radius 1 is 1.39 bits per heavy atom. The summed E-state index contributed by atoms with van der Waals surface area (Å²) < 4.78 is 0. The molecular formula is C15H23ClN2. The Labute approximate surface area is 115 Å². The van der Waals surface area contributed by atoms with Gasteiger partial charge in [-0.3, -0.25) is 0 Å². The van der Waals surface area contributed by atoms with E-state index in [9.17, 15) is 0 Å². The SMILES string of the molecule is CC(C)N1CCCC(Cc2ccnc(Cl)c2)CC1. The van der Waals surface area contributed by atoms with Crippen LogP contribution in [0.3, 0.4) is 0 Å². The summed E-state index contributed by atoms with van der Waals surface area (Å²) >= 11 is 5.94. The monoisotopic (exact) mass is 266 g/mol. The number of aromatic nitrogens is 1. The molecule has 1 unspecified atom stereocenters. The van der Waals surface area contributed by atoms with E-state index in [4.69, 9.17) is 11.6 Å². The third-order valence-electron chi connectivity index (χ3n) is 3.93. The first-order chi connectivity index (χ1) is 8.65. The van der Waals surface area contributed by atoms with Crippen molar-refractivity contribution < 1.29 is 0 Å². The van der Waals surface area contributed by atoms with Crippen molar-refractivity contribution in [2.24, 2.45) is 5.92 Å². The summed E-state index contributed by atoms with van der Waals surface area (Å²) in [4.78, 5) is 6.64. The molecule has 2 heterocycles. The lowest BCUT2D eigenvalue weighted by Crippen LogP contribution is -2.31. The molecule has 2 nitrogen and oxygen atoms in total. The number of likely N-dealkylation sites (tertiary alicyclic amines) is 1. The van der Waals surface area contributed by atoms with E-state index in [1.165, 1.54) is 37.9 Å². The van der Waals surface area contributed by atoms with Crippen LogP contribution in [0.4, 0.5) is 0 Å². The summed E-state index contributed by atoms with van der Waals surface area (Å²) in [5.74, 6) is 0.798. The van der Waals surface area contributed by atoms with Crippen LogP contribution >= 0.6 is 11.6 Å². The Balaban J connectivity index is 1.91. The van der Waals surface area contributed by atoms with Gasteiger partial charge in [0.2, 0.25) is 0 Å². The minimum atomic E-state index is 0.616.